The van der Waals surface area contributed by atoms with Crippen molar-refractivity contribution in [1.29, 1.82) is 0 Å². The summed E-state index contributed by atoms with van der Waals surface area (Å²) in [7, 11) is 0. The van der Waals surface area contributed by atoms with Crippen LogP contribution in [-0.4, -0.2) is 46.0 Å². The summed E-state index contributed by atoms with van der Waals surface area (Å²) in [5, 5.41) is 4.07. The molecule has 0 amide bonds. The van der Waals surface area contributed by atoms with Gasteiger partial charge in [0, 0.05) is 18.4 Å². The molecule has 3 rings (SSSR count). The lowest BCUT2D eigenvalue weighted by Gasteiger charge is -2.33. The third-order valence-electron chi connectivity index (χ3n) is 3.95. The molecule has 0 radical (unpaired) electrons. The second-order valence-corrected chi connectivity index (χ2v) is 6.44. The van der Waals surface area contributed by atoms with Gasteiger partial charge in [0.1, 0.15) is 6.17 Å². The molecule has 1 aliphatic heterocycles. The molecule has 130 valence electrons. The van der Waals surface area contributed by atoms with Gasteiger partial charge in [-0.05, 0) is 18.0 Å². The van der Waals surface area contributed by atoms with Crippen molar-refractivity contribution in [3.05, 3.63) is 23.5 Å². The highest BCUT2D eigenvalue weighted by atomic mass is 35.5. The average Bonchev–Trinajstić information content (AvgIpc) is 3.05. The second kappa shape index (κ2) is 7.29. The van der Waals surface area contributed by atoms with E-state index in [-0.39, 0.29) is 30.3 Å². The molecule has 0 bridgehead atoms. The number of alkyl halides is 1. The Hall–Kier alpha value is -1.96. The van der Waals surface area contributed by atoms with Crippen molar-refractivity contribution in [1.82, 2.24) is 20.1 Å². The summed E-state index contributed by atoms with van der Waals surface area (Å²) < 4.78 is 25.2. The molecular weight excluding hydrogens is 337 g/mol. The van der Waals surface area contributed by atoms with Crippen LogP contribution in [0.4, 0.5) is 10.4 Å². The molecule has 1 aliphatic rings. The van der Waals surface area contributed by atoms with Crippen LogP contribution in [0.15, 0.2) is 16.9 Å². The van der Waals surface area contributed by atoms with E-state index in [0.717, 1.165) is 0 Å². The fourth-order valence-corrected chi connectivity index (χ4v) is 2.58. The lowest BCUT2D eigenvalue weighted by atomic mass is 9.96. The molecule has 7 nitrogen and oxygen atoms in total. The first-order valence-corrected chi connectivity index (χ1v) is 8.23. The van der Waals surface area contributed by atoms with E-state index >= 15 is 0 Å². The molecule has 9 heteroatoms. The summed E-state index contributed by atoms with van der Waals surface area (Å²) in [6.07, 6.45) is 2.55. The van der Waals surface area contributed by atoms with Crippen LogP contribution in [0, 0.1) is 5.92 Å². The molecule has 1 fully saturated rings. The Balaban J connectivity index is 1.53. The fourth-order valence-electron chi connectivity index (χ4n) is 2.48. The third-order valence-corrected chi connectivity index (χ3v) is 4.15. The van der Waals surface area contributed by atoms with Crippen molar-refractivity contribution in [3.63, 3.8) is 0 Å². The quantitative estimate of drug-likeness (QED) is 0.763. The Kier molecular flexibility index (Phi) is 5.13. The Bertz CT molecular complexity index is 666. The van der Waals surface area contributed by atoms with Gasteiger partial charge < -0.3 is 14.2 Å². The number of hydrogen-bond donors (Lipinski definition) is 0. The molecule has 2 aromatic heterocycles. The average molecular weight is 356 g/mol. The fraction of sp³-hybridized carbons (Fsp3) is 0.600. The number of ether oxygens (including phenoxy) is 1. The maximum Gasteiger partial charge on any atom is 0.324 e. The molecule has 0 N–H and O–H groups in total. The molecule has 24 heavy (non-hydrogen) atoms. The molecule has 1 saturated heterocycles. The highest BCUT2D eigenvalue weighted by Gasteiger charge is 2.32. The molecule has 2 unspecified atom stereocenters. The van der Waals surface area contributed by atoms with Crippen molar-refractivity contribution in [3.8, 4) is 5.75 Å². The normalized spacial score (nSPS) is 21.3. The van der Waals surface area contributed by atoms with E-state index in [9.17, 15) is 4.39 Å². The highest BCUT2D eigenvalue weighted by molar-refractivity contribution is 6.28. The van der Waals surface area contributed by atoms with Gasteiger partial charge in [0.15, 0.2) is 11.6 Å². The first kappa shape index (κ1) is 16.9. The minimum Gasteiger partial charge on any atom is -0.490 e. The zero-order valence-electron chi connectivity index (χ0n) is 13.5. The van der Waals surface area contributed by atoms with Crippen LogP contribution in [0.5, 0.6) is 5.75 Å². The predicted octanol–water partition coefficient (Wildman–Crippen LogP) is 2.88. The summed E-state index contributed by atoms with van der Waals surface area (Å²) in [5.41, 5.74) is 0. The molecule has 0 aromatic carbocycles. The zero-order valence-corrected chi connectivity index (χ0v) is 14.3. The SMILES string of the molecule is CC(C)c1noc(N2CCC(COc3cnc(Cl)nc3)C(F)C2)n1. The minimum absolute atomic E-state index is 0.152. The summed E-state index contributed by atoms with van der Waals surface area (Å²) in [6.45, 7) is 5.09. The Labute approximate surface area is 144 Å². The highest BCUT2D eigenvalue weighted by Crippen LogP contribution is 2.26. The molecule has 3 heterocycles. The van der Waals surface area contributed by atoms with Crippen LogP contribution in [0.3, 0.4) is 0 Å². The summed E-state index contributed by atoms with van der Waals surface area (Å²) in [6, 6.07) is 0.381. The van der Waals surface area contributed by atoms with E-state index in [1.165, 1.54) is 12.4 Å². The minimum atomic E-state index is -1.04. The number of aromatic nitrogens is 4. The van der Waals surface area contributed by atoms with Crippen LogP contribution in [0.2, 0.25) is 5.28 Å². The van der Waals surface area contributed by atoms with Crippen molar-refractivity contribution in [2.75, 3.05) is 24.6 Å². The smallest absolute Gasteiger partial charge is 0.324 e. The van der Waals surface area contributed by atoms with Gasteiger partial charge in [0.05, 0.1) is 25.5 Å². The lowest BCUT2D eigenvalue weighted by Crippen LogP contribution is -2.44. The van der Waals surface area contributed by atoms with Crippen LogP contribution >= 0.6 is 11.6 Å². The van der Waals surface area contributed by atoms with Gasteiger partial charge in [-0.3, -0.25) is 0 Å². The van der Waals surface area contributed by atoms with Gasteiger partial charge in [-0.15, -0.1) is 0 Å². The first-order valence-electron chi connectivity index (χ1n) is 7.86. The Morgan fingerprint density at radius 3 is 2.79 bits per heavy atom. The van der Waals surface area contributed by atoms with Crippen LogP contribution < -0.4 is 9.64 Å². The molecule has 0 saturated carbocycles. The van der Waals surface area contributed by atoms with Crippen molar-refractivity contribution in [2.45, 2.75) is 32.4 Å². The molecule has 0 spiro atoms. The monoisotopic (exact) mass is 355 g/mol. The molecule has 0 aliphatic carbocycles. The lowest BCUT2D eigenvalue weighted by molar-refractivity contribution is 0.129. The number of halogens is 2. The predicted molar refractivity (Wildman–Crippen MR) is 86.1 cm³/mol. The second-order valence-electron chi connectivity index (χ2n) is 6.10. The molecule has 2 aromatic rings. The Morgan fingerprint density at radius 1 is 1.42 bits per heavy atom. The molecular formula is C15H19ClFN5O2. The molecule has 2 atom stereocenters. The van der Waals surface area contributed by atoms with Crippen LogP contribution in [-0.2, 0) is 0 Å². The van der Waals surface area contributed by atoms with E-state index in [4.69, 9.17) is 20.9 Å². The van der Waals surface area contributed by atoms with E-state index in [2.05, 4.69) is 20.1 Å². The summed E-state index contributed by atoms with van der Waals surface area (Å²) in [4.78, 5) is 13.8. The van der Waals surface area contributed by atoms with Gasteiger partial charge in [-0.25, -0.2) is 14.4 Å². The van der Waals surface area contributed by atoms with Gasteiger partial charge in [-0.1, -0.05) is 19.0 Å². The van der Waals surface area contributed by atoms with Crippen molar-refractivity contribution in [2.24, 2.45) is 5.92 Å². The van der Waals surface area contributed by atoms with E-state index in [1.54, 1.807) is 4.90 Å². The summed E-state index contributed by atoms with van der Waals surface area (Å²) >= 11 is 5.62. The Morgan fingerprint density at radius 2 is 2.17 bits per heavy atom. The van der Waals surface area contributed by atoms with Crippen molar-refractivity contribution < 1.29 is 13.7 Å². The van der Waals surface area contributed by atoms with Gasteiger partial charge >= 0.3 is 6.01 Å². The largest absolute Gasteiger partial charge is 0.490 e. The third kappa shape index (κ3) is 3.92. The maximum atomic E-state index is 14.5. The number of anilines is 1. The van der Waals surface area contributed by atoms with Crippen molar-refractivity contribution >= 4 is 17.6 Å². The van der Waals surface area contributed by atoms with Gasteiger partial charge in [0.2, 0.25) is 5.28 Å². The van der Waals surface area contributed by atoms with Crippen LogP contribution in [0.1, 0.15) is 32.0 Å². The number of nitrogens with zero attached hydrogens (tertiary/aromatic N) is 5. The maximum absolute atomic E-state index is 14.5. The topological polar surface area (TPSA) is 77.2 Å². The number of piperidine rings is 1. The summed E-state index contributed by atoms with van der Waals surface area (Å²) in [5.74, 6) is 1.08. The number of rotatable bonds is 5. The van der Waals surface area contributed by atoms with Gasteiger partial charge in [-0.2, -0.15) is 4.98 Å². The number of hydrogen-bond acceptors (Lipinski definition) is 7. The first-order chi connectivity index (χ1) is 11.5. The van der Waals surface area contributed by atoms with Crippen LogP contribution in [0.25, 0.3) is 0 Å². The van der Waals surface area contributed by atoms with E-state index in [1.807, 2.05) is 13.8 Å². The standard InChI is InChI=1S/C15H19ClFN5O2/c1-9(2)13-20-15(24-21-13)22-4-3-10(12(17)7-22)8-23-11-5-18-14(16)19-6-11/h5-6,9-10,12H,3-4,7-8H2,1-2H3. The van der Waals surface area contributed by atoms with Gasteiger partial charge in [0.25, 0.3) is 0 Å². The van der Waals surface area contributed by atoms with E-state index < -0.39 is 6.17 Å². The zero-order chi connectivity index (χ0) is 17.1. The van der Waals surface area contributed by atoms with E-state index in [0.29, 0.717) is 30.6 Å².